The number of fused-ring (bicyclic) bond motifs is 1. The van der Waals surface area contributed by atoms with Crippen molar-refractivity contribution in [2.24, 2.45) is 0 Å². The summed E-state index contributed by atoms with van der Waals surface area (Å²) in [6.45, 7) is 12.3. The normalized spacial score (nSPS) is 17.1. The first-order valence-corrected chi connectivity index (χ1v) is 15.3. The van der Waals surface area contributed by atoms with Crippen molar-refractivity contribution in [3.05, 3.63) is 46.6 Å². The van der Waals surface area contributed by atoms with Crippen molar-refractivity contribution >= 4 is 17.7 Å². The molecule has 9 nitrogen and oxygen atoms in total. The quantitative estimate of drug-likeness (QED) is 0.286. The van der Waals surface area contributed by atoms with Gasteiger partial charge in [-0.05, 0) is 30.5 Å². The third-order valence-corrected chi connectivity index (χ3v) is 8.12. The number of piperazine rings is 1. The lowest BCUT2D eigenvalue weighted by Crippen LogP contribution is -2.46. The van der Waals surface area contributed by atoms with Crippen LogP contribution in [0.3, 0.4) is 0 Å². The number of aliphatic hydroxyl groups excluding tert-OH is 1. The molecule has 0 radical (unpaired) electrons. The highest BCUT2D eigenvalue weighted by Crippen LogP contribution is 2.27. The van der Waals surface area contributed by atoms with Gasteiger partial charge in [0.1, 0.15) is 11.4 Å². The van der Waals surface area contributed by atoms with Gasteiger partial charge in [0, 0.05) is 59.3 Å². The van der Waals surface area contributed by atoms with Gasteiger partial charge in [-0.3, -0.25) is 9.69 Å². The fourth-order valence-corrected chi connectivity index (χ4v) is 5.69. The van der Waals surface area contributed by atoms with Gasteiger partial charge in [-0.1, -0.05) is 63.8 Å². The average Bonchev–Trinajstić information content (AvgIpc) is 2.98. The van der Waals surface area contributed by atoms with Crippen LogP contribution in [0.25, 0.3) is 0 Å². The first-order chi connectivity index (χ1) is 19.5. The van der Waals surface area contributed by atoms with E-state index in [4.69, 9.17) is 0 Å². The van der Waals surface area contributed by atoms with Gasteiger partial charge in [-0.15, -0.1) is 0 Å². The van der Waals surface area contributed by atoms with Gasteiger partial charge in [-0.2, -0.15) is 4.98 Å². The topological polar surface area (TPSA) is 96.9 Å². The monoisotopic (exact) mass is 551 g/mol. The van der Waals surface area contributed by atoms with E-state index in [0.29, 0.717) is 36.8 Å². The van der Waals surface area contributed by atoms with Gasteiger partial charge >= 0.3 is 0 Å². The zero-order valence-electron chi connectivity index (χ0n) is 24.8. The molecule has 2 aliphatic heterocycles. The highest BCUT2D eigenvalue weighted by atomic mass is 16.3. The smallest absolute Gasteiger partial charge is 0.259 e. The van der Waals surface area contributed by atoms with Gasteiger partial charge in [0.15, 0.2) is 0 Å². The Morgan fingerprint density at radius 1 is 0.900 bits per heavy atom. The molecule has 4 rings (SSSR count). The maximum absolute atomic E-state index is 13.6. The molecule has 0 bridgehead atoms. The third kappa shape index (κ3) is 8.15. The standard InChI is InChI=1S/C31H49N7O2/c1-4-6-7-8-15-36-17-19-37(20-18-36)21-24-10-12-25(13-11-24)22-38-16-14-27-28(30(38)40)29(35-31(32-3)34-27)33-26(23-39)9-5-2/h10-13,26,39H,4-9,14-23H2,1-3H3,(H2,32,33,34,35). The van der Waals surface area contributed by atoms with Crippen LogP contribution in [-0.2, 0) is 19.5 Å². The minimum absolute atomic E-state index is 0.0134. The summed E-state index contributed by atoms with van der Waals surface area (Å²) in [5.74, 6) is 0.934. The summed E-state index contributed by atoms with van der Waals surface area (Å²) in [6.07, 6.45) is 7.72. The fourth-order valence-electron chi connectivity index (χ4n) is 5.69. The zero-order chi connectivity index (χ0) is 28.3. The van der Waals surface area contributed by atoms with Crippen LogP contribution in [-0.4, -0.2) is 94.6 Å². The van der Waals surface area contributed by atoms with Crippen LogP contribution in [0.2, 0.25) is 0 Å². The summed E-state index contributed by atoms with van der Waals surface area (Å²) < 4.78 is 0. The average molecular weight is 552 g/mol. The minimum Gasteiger partial charge on any atom is -0.394 e. The van der Waals surface area contributed by atoms with E-state index in [9.17, 15) is 9.90 Å². The molecule has 1 unspecified atom stereocenters. The maximum atomic E-state index is 13.6. The molecule has 1 fully saturated rings. The van der Waals surface area contributed by atoms with E-state index < -0.39 is 0 Å². The number of hydrogen-bond acceptors (Lipinski definition) is 8. The van der Waals surface area contributed by atoms with Crippen LogP contribution in [0.4, 0.5) is 11.8 Å². The summed E-state index contributed by atoms with van der Waals surface area (Å²) in [6, 6.07) is 8.58. The van der Waals surface area contributed by atoms with Crippen LogP contribution < -0.4 is 10.6 Å². The summed E-state index contributed by atoms with van der Waals surface area (Å²) in [7, 11) is 1.78. The number of rotatable bonds is 15. The number of aliphatic hydroxyl groups is 1. The Morgan fingerprint density at radius 3 is 2.25 bits per heavy atom. The van der Waals surface area contributed by atoms with Gasteiger partial charge in [0.05, 0.1) is 18.3 Å². The first-order valence-electron chi connectivity index (χ1n) is 15.3. The number of nitrogens with one attached hydrogen (secondary N) is 2. The van der Waals surface area contributed by atoms with Crippen molar-refractivity contribution in [2.45, 2.75) is 77.9 Å². The van der Waals surface area contributed by atoms with Crippen molar-refractivity contribution < 1.29 is 9.90 Å². The molecular formula is C31H49N7O2. The molecule has 2 aliphatic rings. The van der Waals surface area contributed by atoms with Gasteiger partial charge in [0.25, 0.3) is 5.91 Å². The van der Waals surface area contributed by atoms with Crippen molar-refractivity contribution in [2.75, 3.05) is 63.6 Å². The van der Waals surface area contributed by atoms with Crippen molar-refractivity contribution in [3.8, 4) is 0 Å². The second-order valence-corrected chi connectivity index (χ2v) is 11.3. The fraction of sp³-hybridized carbons (Fsp3) is 0.645. The van der Waals surface area contributed by atoms with Crippen molar-refractivity contribution in [1.82, 2.24) is 24.7 Å². The van der Waals surface area contributed by atoms with Crippen molar-refractivity contribution in [3.63, 3.8) is 0 Å². The number of carbonyl (C=O) groups excluding carboxylic acids is 1. The number of benzene rings is 1. The molecule has 1 amide bonds. The molecule has 3 N–H and O–H groups in total. The van der Waals surface area contributed by atoms with Gasteiger partial charge in [-0.25, -0.2) is 4.98 Å². The van der Waals surface area contributed by atoms with Crippen molar-refractivity contribution in [1.29, 1.82) is 0 Å². The highest BCUT2D eigenvalue weighted by molar-refractivity contribution is 6.01. The molecule has 9 heteroatoms. The Morgan fingerprint density at radius 2 is 1.60 bits per heavy atom. The van der Waals surface area contributed by atoms with Gasteiger partial charge < -0.3 is 25.5 Å². The van der Waals surface area contributed by atoms with Gasteiger partial charge in [0.2, 0.25) is 5.95 Å². The molecule has 0 spiro atoms. The number of nitrogens with zero attached hydrogens (tertiary/aromatic N) is 5. The number of unbranched alkanes of at least 4 members (excludes halogenated alkanes) is 3. The first kappa shape index (κ1) is 30.2. The molecule has 0 aliphatic carbocycles. The molecule has 40 heavy (non-hydrogen) atoms. The molecule has 0 saturated carbocycles. The number of hydrogen-bond donors (Lipinski definition) is 3. The van der Waals surface area contributed by atoms with E-state index in [-0.39, 0.29) is 18.6 Å². The zero-order valence-corrected chi connectivity index (χ0v) is 24.8. The Bertz CT molecular complexity index is 1070. The highest BCUT2D eigenvalue weighted by Gasteiger charge is 2.30. The largest absolute Gasteiger partial charge is 0.394 e. The van der Waals surface area contributed by atoms with E-state index in [2.05, 4.69) is 68.5 Å². The minimum atomic E-state index is -0.154. The number of carbonyl (C=O) groups is 1. The molecule has 220 valence electrons. The second kappa shape index (κ2) is 15.3. The Labute approximate surface area is 240 Å². The second-order valence-electron chi connectivity index (χ2n) is 11.3. The Balaban J connectivity index is 1.33. The molecule has 1 saturated heterocycles. The van der Waals surface area contributed by atoms with E-state index in [1.54, 1.807) is 7.05 Å². The molecule has 1 atom stereocenters. The number of anilines is 2. The van der Waals surface area contributed by atoms with Crippen LogP contribution in [0.5, 0.6) is 0 Å². The van der Waals surface area contributed by atoms with Crippen LogP contribution in [0.15, 0.2) is 24.3 Å². The summed E-state index contributed by atoms with van der Waals surface area (Å²) in [5, 5.41) is 16.1. The Hall–Kier alpha value is -2.75. The lowest BCUT2D eigenvalue weighted by atomic mass is 10.0. The molecule has 3 heterocycles. The third-order valence-electron chi connectivity index (χ3n) is 8.12. The van der Waals surface area contributed by atoms with Crippen LogP contribution in [0.1, 0.15) is 79.6 Å². The van der Waals surface area contributed by atoms with Crippen LogP contribution >= 0.6 is 0 Å². The van der Waals surface area contributed by atoms with E-state index in [1.165, 1.54) is 37.8 Å². The maximum Gasteiger partial charge on any atom is 0.259 e. The number of aromatic nitrogens is 2. The van der Waals surface area contributed by atoms with E-state index in [1.807, 2.05) is 4.90 Å². The summed E-state index contributed by atoms with van der Waals surface area (Å²) in [5.41, 5.74) is 3.73. The lowest BCUT2D eigenvalue weighted by Gasteiger charge is -2.34. The predicted molar refractivity (Wildman–Crippen MR) is 162 cm³/mol. The molecule has 1 aromatic carbocycles. The Kier molecular flexibility index (Phi) is 11.6. The SMILES string of the molecule is CCCCCCN1CCN(Cc2ccc(CN3CCc4nc(NC)nc(NC(CO)CCC)c4C3=O)cc2)CC1. The summed E-state index contributed by atoms with van der Waals surface area (Å²) in [4.78, 5) is 29.8. The molecule has 2 aromatic rings. The molecule has 1 aromatic heterocycles. The molecular weight excluding hydrogens is 502 g/mol. The van der Waals surface area contributed by atoms with E-state index in [0.717, 1.165) is 56.8 Å². The summed E-state index contributed by atoms with van der Waals surface area (Å²) >= 11 is 0. The predicted octanol–water partition coefficient (Wildman–Crippen LogP) is 3.99. The number of amides is 1. The van der Waals surface area contributed by atoms with E-state index >= 15 is 0 Å². The van der Waals surface area contributed by atoms with Crippen LogP contribution in [0, 0.1) is 0 Å². The lowest BCUT2D eigenvalue weighted by molar-refractivity contribution is 0.0725.